The van der Waals surface area contributed by atoms with Crippen molar-refractivity contribution in [3.63, 3.8) is 0 Å². The summed E-state index contributed by atoms with van der Waals surface area (Å²) in [6.07, 6.45) is 18.6. The Morgan fingerprint density at radius 3 is 2.10 bits per heavy atom. The van der Waals surface area contributed by atoms with Crippen molar-refractivity contribution in [2.75, 3.05) is 13.7 Å². The van der Waals surface area contributed by atoms with Crippen LogP contribution in [0.2, 0.25) is 0 Å². The number of carbonyl (C=O) groups is 3. The van der Waals surface area contributed by atoms with Gasteiger partial charge in [0.2, 0.25) is 0 Å². The van der Waals surface area contributed by atoms with Crippen LogP contribution in [0.4, 0.5) is 0 Å². The number of allylic oxidation sites excluding steroid dienone is 2. The van der Waals surface area contributed by atoms with Crippen LogP contribution in [0.3, 0.4) is 0 Å². The van der Waals surface area contributed by atoms with Crippen LogP contribution in [0.1, 0.15) is 90.4 Å². The molecule has 1 unspecified atom stereocenters. The maximum absolute atomic E-state index is 11.8. The Bertz CT molecular complexity index is 611. The molecule has 0 saturated heterocycles. The molecule has 0 N–H and O–H groups in total. The van der Waals surface area contributed by atoms with Crippen LogP contribution in [-0.2, 0) is 23.9 Å². The van der Waals surface area contributed by atoms with E-state index in [1.807, 2.05) is 0 Å². The molecule has 1 aliphatic rings. The van der Waals surface area contributed by atoms with Crippen molar-refractivity contribution in [2.24, 2.45) is 5.92 Å². The molecule has 1 heterocycles. The molecule has 31 heavy (non-hydrogen) atoms. The molecule has 0 amide bonds. The number of methoxy groups -OCH3 is 1. The molecule has 0 aliphatic carbocycles. The van der Waals surface area contributed by atoms with Crippen molar-refractivity contribution in [3.05, 3.63) is 23.3 Å². The molecule has 0 aromatic heterocycles. The van der Waals surface area contributed by atoms with Gasteiger partial charge in [0.1, 0.15) is 12.2 Å². The van der Waals surface area contributed by atoms with E-state index in [2.05, 4.69) is 23.8 Å². The number of unbranched alkanes of at least 4 members (excludes halogenated alkanes) is 10. The summed E-state index contributed by atoms with van der Waals surface area (Å²) < 4.78 is 9.42. The molecule has 0 spiro atoms. The number of carboxylic acids is 1. The fourth-order valence-electron chi connectivity index (χ4n) is 3.69. The second kappa shape index (κ2) is 18.5. The first-order valence-corrected chi connectivity index (χ1v) is 11.4. The summed E-state index contributed by atoms with van der Waals surface area (Å²) in [4.78, 5) is 35.0. The van der Waals surface area contributed by atoms with Crippen LogP contribution in [0.25, 0.3) is 0 Å². The molecular weight excluding hydrogens is 407 g/mol. The Morgan fingerprint density at radius 2 is 1.55 bits per heavy atom. The van der Waals surface area contributed by atoms with Crippen LogP contribution in [0.5, 0.6) is 0 Å². The third-order valence-electron chi connectivity index (χ3n) is 5.48. The van der Waals surface area contributed by atoms with E-state index < -0.39 is 23.8 Å². The summed E-state index contributed by atoms with van der Waals surface area (Å²) in [5.41, 5.74) is -0.119. The number of carboxylic acid groups (broad SMARTS) is 1. The molecule has 0 saturated carbocycles. The number of rotatable bonds is 17. The predicted octanol–water partition coefficient (Wildman–Crippen LogP) is 1.03. The maximum Gasteiger partial charge on any atom is 1.00 e. The first kappa shape index (κ1) is 29.9. The Kier molecular flexibility index (Phi) is 17.8. The molecule has 0 aromatic rings. The van der Waals surface area contributed by atoms with E-state index in [4.69, 9.17) is 4.74 Å². The molecule has 170 valence electrons. The zero-order valence-electron chi connectivity index (χ0n) is 19.6. The molecule has 1 rings (SSSR count). The molecule has 1 aliphatic heterocycles. The van der Waals surface area contributed by atoms with Crippen molar-refractivity contribution in [1.82, 2.24) is 0 Å². The third kappa shape index (κ3) is 11.9. The average Bonchev–Trinajstić information content (AvgIpc) is 3.11. The number of hydrogen-bond donors (Lipinski definition) is 0. The number of cyclic esters (lactones) is 1. The van der Waals surface area contributed by atoms with E-state index in [1.54, 1.807) is 0 Å². The molecule has 0 aromatic carbocycles. The molecule has 0 fully saturated rings. The SMILES string of the molecule is CCCCCCCC/C=C\CCCCCCC(C(=O)[O-])C1=C(C(=O)OC)C(=O)OC1.[Na+]. The van der Waals surface area contributed by atoms with Crippen LogP contribution in [-0.4, -0.2) is 31.6 Å². The van der Waals surface area contributed by atoms with Crippen LogP contribution in [0, 0.1) is 5.92 Å². The fourth-order valence-corrected chi connectivity index (χ4v) is 3.69. The van der Waals surface area contributed by atoms with Crippen LogP contribution in [0.15, 0.2) is 23.3 Å². The maximum atomic E-state index is 11.8. The van der Waals surface area contributed by atoms with Gasteiger partial charge in [0.15, 0.2) is 0 Å². The minimum absolute atomic E-state index is 0. The van der Waals surface area contributed by atoms with Gasteiger partial charge in [-0.05, 0) is 37.7 Å². The van der Waals surface area contributed by atoms with Gasteiger partial charge in [-0.2, -0.15) is 0 Å². The van der Waals surface area contributed by atoms with Gasteiger partial charge >= 0.3 is 41.5 Å². The molecular formula is C24H37NaO6. The standard InChI is InChI=1S/C24H38O6.Na/c1-3-4-5-6-7-8-9-10-11-12-13-14-15-16-17-19(22(25)26)20-18-30-24(28)21(20)23(27)29-2;/h10-11,19H,3-9,12-18H2,1-2H3,(H,25,26);/q;+1/p-1/b11-10-;. The zero-order valence-corrected chi connectivity index (χ0v) is 21.6. The minimum Gasteiger partial charge on any atom is -0.550 e. The van der Waals surface area contributed by atoms with Crippen LogP contribution < -0.4 is 34.7 Å². The van der Waals surface area contributed by atoms with E-state index in [-0.39, 0.29) is 47.3 Å². The number of ether oxygens (including phenoxy) is 2. The van der Waals surface area contributed by atoms with Gasteiger partial charge in [-0.1, -0.05) is 70.4 Å². The van der Waals surface area contributed by atoms with E-state index in [9.17, 15) is 19.5 Å². The van der Waals surface area contributed by atoms with Gasteiger partial charge in [0.05, 0.1) is 7.11 Å². The largest absolute Gasteiger partial charge is 1.00 e. The molecule has 1 atom stereocenters. The third-order valence-corrected chi connectivity index (χ3v) is 5.48. The topological polar surface area (TPSA) is 92.7 Å². The second-order valence-electron chi connectivity index (χ2n) is 7.86. The Hall–Kier alpha value is -1.11. The van der Waals surface area contributed by atoms with E-state index >= 15 is 0 Å². The Labute approximate surface area is 209 Å². The fraction of sp³-hybridized carbons (Fsp3) is 0.708. The van der Waals surface area contributed by atoms with Crippen molar-refractivity contribution in [2.45, 2.75) is 90.4 Å². The smallest absolute Gasteiger partial charge is 0.550 e. The number of carbonyl (C=O) groups excluding carboxylic acids is 3. The van der Waals surface area contributed by atoms with Crippen molar-refractivity contribution in [1.29, 1.82) is 0 Å². The summed E-state index contributed by atoms with van der Waals surface area (Å²) in [5.74, 6) is -3.97. The quantitative estimate of drug-likeness (QED) is 0.109. The van der Waals surface area contributed by atoms with Gasteiger partial charge in [-0.25, -0.2) is 9.59 Å². The first-order chi connectivity index (χ1) is 14.5. The molecule has 6 nitrogen and oxygen atoms in total. The van der Waals surface area contributed by atoms with Gasteiger partial charge < -0.3 is 19.4 Å². The summed E-state index contributed by atoms with van der Waals surface area (Å²) in [5, 5.41) is 11.5. The van der Waals surface area contributed by atoms with E-state index in [0.29, 0.717) is 12.8 Å². The summed E-state index contributed by atoms with van der Waals surface area (Å²) in [6.45, 7) is 2.04. The summed E-state index contributed by atoms with van der Waals surface area (Å²) in [7, 11) is 1.15. The number of hydrogen-bond acceptors (Lipinski definition) is 6. The number of esters is 2. The van der Waals surface area contributed by atoms with E-state index in [1.165, 1.54) is 38.5 Å². The van der Waals surface area contributed by atoms with Crippen molar-refractivity contribution < 1.29 is 58.5 Å². The van der Waals surface area contributed by atoms with Gasteiger partial charge in [0, 0.05) is 11.9 Å². The zero-order chi connectivity index (χ0) is 22.2. The first-order valence-electron chi connectivity index (χ1n) is 11.4. The summed E-state index contributed by atoms with van der Waals surface area (Å²) in [6, 6.07) is 0. The normalized spacial score (nSPS) is 14.5. The van der Waals surface area contributed by atoms with Crippen molar-refractivity contribution >= 4 is 17.9 Å². The average molecular weight is 445 g/mol. The monoisotopic (exact) mass is 444 g/mol. The number of aliphatic carboxylic acids is 1. The second-order valence-corrected chi connectivity index (χ2v) is 7.86. The Balaban J connectivity index is 0.00000900. The summed E-state index contributed by atoms with van der Waals surface area (Å²) >= 11 is 0. The molecule has 0 radical (unpaired) electrons. The van der Waals surface area contributed by atoms with E-state index in [0.717, 1.165) is 39.2 Å². The van der Waals surface area contributed by atoms with Gasteiger partial charge in [-0.15, -0.1) is 0 Å². The van der Waals surface area contributed by atoms with Gasteiger partial charge in [0.25, 0.3) is 0 Å². The predicted molar refractivity (Wildman–Crippen MR) is 113 cm³/mol. The Morgan fingerprint density at radius 1 is 1.00 bits per heavy atom. The van der Waals surface area contributed by atoms with Crippen LogP contribution >= 0.6 is 0 Å². The molecule has 7 heteroatoms. The van der Waals surface area contributed by atoms with Gasteiger partial charge in [-0.3, -0.25) is 0 Å². The minimum atomic E-state index is -1.29. The molecule has 0 bridgehead atoms. The van der Waals surface area contributed by atoms with Crippen molar-refractivity contribution in [3.8, 4) is 0 Å².